The largest absolute Gasteiger partial charge is 0.341 e. The van der Waals surface area contributed by atoms with E-state index in [2.05, 4.69) is 25.3 Å². The molecule has 0 aliphatic carbocycles. The van der Waals surface area contributed by atoms with Gasteiger partial charge in [0.1, 0.15) is 16.9 Å². The fraction of sp³-hybridized carbons (Fsp3) is 0.0769. The van der Waals surface area contributed by atoms with E-state index in [-0.39, 0.29) is 28.1 Å². The SMILES string of the molecule is O=C(CSc1ncnc2nc[nH]c12)Nc1cc([N+](=O)[O-])ccc1Cl. The number of aromatic amines is 1. The lowest BCUT2D eigenvalue weighted by molar-refractivity contribution is -0.384. The molecule has 3 aromatic rings. The van der Waals surface area contributed by atoms with Crippen LogP contribution in [0.4, 0.5) is 11.4 Å². The van der Waals surface area contributed by atoms with Gasteiger partial charge in [-0.25, -0.2) is 15.0 Å². The molecule has 0 saturated heterocycles. The summed E-state index contributed by atoms with van der Waals surface area (Å²) < 4.78 is 0. The molecule has 0 atom stereocenters. The van der Waals surface area contributed by atoms with Gasteiger partial charge in [0, 0.05) is 12.1 Å². The van der Waals surface area contributed by atoms with Crippen LogP contribution in [-0.4, -0.2) is 36.5 Å². The molecule has 9 nitrogen and oxygen atoms in total. The van der Waals surface area contributed by atoms with Gasteiger partial charge in [-0.3, -0.25) is 14.9 Å². The maximum atomic E-state index is 12.1. The highest BCUT2D eigenvalue weighted by molar-refractivity contribution is 8.00. The van der Waals surface area contributed by atoms with Gasteiger partial charge in [-0.15, -0.1) is 0 Å². The summed E-state index contributed by atoms with van der Waals surface area (Å²) in [5, 5.41) is 14.1. The lowest BCUT2D eigenvalue weighted by Crippen LogP contribution is -2.14. The Morgan fingerprint density at radius 3 is 3.00 bits per heavy atom. The van der Waals surface area contributed by atoms with Gasteiger partial charge in [-0.2, -0.15) is 0 Å². The number of nitrogens with one attached hydrogen (secondary N) is 2. The minimum Gasteiger partial charge on any atom is -0.341 e. The molecule has 0 aliphatic rings. The molecule has 0 bridgehead atoms. The second-order valence-corrected chi connectivity index (χ2v) is 5.91. The molecule has 2 heterocycles. The van der Waals surface area contributed by atoms with E-state index >= 15 is 0 Å². The van der Waals surface area contributed by atoms with Gasteiger partial charge in [0.15, 0.2) is 5.65 Å². The van der Waals surface area contributed by atoms with Crippen LogP contribution in [0.25, 0.3) is 11.2 Å². The molecule has 0 spiro atoms. The molecule has 0 unspecified atom stereocenters. The minimum atomic E-state index is -0.559. The number of amides is 1. The Kier molecular flexibility index (Phi) is 4.58. The number of nitrogens with zero attached hydrogens (tertiary/aromatic N) is 4. The third kappa shape index (κ3) is 3.44. The maximum absolute atomic E-state index is 12.1. The predicted molar refractivity (Wildman–Crippen MR) is 89.1 cm³/mol. The van der Waals surface area contributed by atoms with Gasteiger partial charge >= 0.3 is 0 Å². The smallest absolute Gasteiger partial charge is 0.271 e. The number of hydrogen-bond acceptors (Lipinski definition) is 7. The van der Waals surface area contributed by atoms with Crippen LogP contribution in [0.1, 0.15) is 0 Å². The lowest BCUT2D eigenvalue weighted by atomic mass is 10.3. The Balaban J connectivity index is 1.69. The van der Waals surface area contributed by atoms with Gasteiger partial charge in [0.25, 0.3) is 5.69 Å². The highest BCUT2D eigenvalue weighted by atomic mass is 35.5. The van der Waals surface area contributed by atoms with Crippen molar-refractivity contribution >= 4 is 51.8 Å². The number of aromatic nitrogens is 4. The molecular weight excluding hydrogens is 356 g/mol. The average Bonchev–Trinajstić information content (AvgIpc) is 3.04. The first-order chi connectivity index (χ1) is 11.5. The summed E-state index contributed by atoms with van der Waals surface area (Å²) in [6.45, 7) is 0. The Labute approximate surface area is 144 Å². The Hall–Kier alpha value is -2.72. The van der Waals surface area contributed by atoms with E-state index in [0.29, 0.717) is 16.2 Å². The average molecular weight is 365 g/mol. The second-order valence-electron chi connectivity index (χ2n) is 4.54. The van der Waals surface area contributed by atoms with Crippen molar-refractivity contribution in [2.45, 2.75) is 5.03 Å². The van der Waals surface area contributed by atoms with Gasteiger partial charge in [0.2, 0.25) is 5.91 Å². The summed E-state index contributed by atoms with van der Waals surface area (Å²) in [7, 11) is 0. The molecule has 0 fully saturated rings. The van der Waals surface area contributed by atoms with Gasteiger partial charge in [0.05, 0.1) is 27.7 Å². The normalized spacial score (nSPS) is 10.7. The zero-order valence-electron chi connectivity index (χ0n) is 11.9. The zero-order valence-corrected chi connectivity index (χ0v) is 13.5. The number of H-pyrrole nitrogens is 1. The first-order valence-electron chi connectivity index (χ1n) is 6.55. The van der Waals surface area contributed by atoms with Crippen molar-refractivity contribution in [2.24, 2.45) is 0 Å². The van der Waals surface area contributed by atoms with Gasteiger partial charge in [-0.1, -0.05) is 23.4 Å². The fourth-order valence-electron chi connectivity index (χ4n) is 1.90. The first-order valence-corrected chi connectivity index (χ1v) is 7.91. The van der Waals surface area contributed by atoms with E-state index in [1.54, 1.807) is 0 Å². The Morgan fingerprint density at radius 2 is 2.21 bits per heavy atom. The molecule has 2 N–H and O–H groups in total. The maximum Gasteiger partial charge on any atom is 0.271 e. The number of rotatable bonds is 5. The number of fused-ring (bicyclic) bond motifs is 1. The van der Waals surface area contributed by atoms with E-state index in [1.807, 2.05) is 0 Å². The minimum absolute atomic E-state index is 0.0458. The third-order valence-electron chi connectivity index (χ3n) is 2.96. The van der Waals surface area contributed by atoms with Gasteiger partial charge < -0.3 is 10.3 Å². The highest BCUT2D eigenvalue weighted by Gasteiger charge is 2.13. The number of thioether (sulfide) groups is 1. The molecular formula is C13H9ClN6O3S. The van der Waals surface area contributed by atoms with Crippen LogP contribution in [0.15, 0.2) is 35.9 Å². The number of carbonyl (C=O) groups excluding carboxylic acids is 1. The standard InChI is InChI=1S/C13H9ClN6O3S/c14-8-2-1-7(20(22)23)3-9(8)19-10(21)4-24-13-11-12(16-5-15-11)17-6-18-13/h1-3,5-6H,4H2,(H,19,21)(H,15,16,17,18). The summed E-state index contributed by atoms with van der Waals surface area (Å²) in [4.78, 5) is 37.3. The van der Waals surface area contributed by atoms with Crippen LogP contribution >= 0.6 is 23.4 Å². The zero-order chi connectivity index (χ0) is 17.1. The summed E-state index contributed by atoms with van der Waals surface area (Å²) in [6, 6.07) is 3.84. The number of carbonyl (C=O) groups is 1. The number of non-ortho nitro benzene ring substituents is 1. The molecule has 1 amide bonds. The molecule has 0 aliphatic heterocycles. The monoisotopic (exact) mass is 364 g/mol. The summed E-state index contributed by atoms with van der Waals surface area (Å²) >= 11 is 7.13. The summed E-state index contributed by atoms with van der Waals surface area (Å²) in [5.41, 5.74) is 1.18. The lowest BCUT2D eigenvalue weighted by Gasteiger charge is -2.07. The third-order valence-corrected chi connectivity index (χ3v) is 4.28. The number of nitro benzene ring substituents is 1. The van der Waals surface area contributed by atoms with Crippen molar-refractivity contribution in [1.82, 2.24) is 19.9 Å². The number of nitro groups is 1. The second kappa shape index (κ2) is 6.81. The van der Waals surface area contributed by atoms with Gasteiger partial charge in [-0.05, 0) is 6.07 Å². The topological polar surface area (TPSA) is 127 Å². The van der Waals surface area contributed by atoms with Crippen molar-refractivity contribution in [3.05, 3.63) is 46.0 Å². The molecule has 0 radical (unpaired) electrons. The number of hydrogen-bond donors (Lipinski definition) is 2. The van der Waals surface area contributed by atoms with E-state index in [1.165, 1.54) is 42.6 Å². The number of anilines is 1. The Bertz CT molecular complexity index is 931. The van der Waals surface area contributed by atoms with Crippen molar-refractivity contribution in [3.63, 3.8) is 0 Å². The van der Waals surface area contributed by atoms with E-state index in [0.717, 1.165) is 0 Å². The van der Waals surface area contributed by atoms with Crippen molar-refractivity contribution < 1.29 is 9.72 Å². The van der Waals surface area contributed by atoms with Crippen LogP contribution in [0.2, 0.25) is 5.02 Å². The molecule has 2 aromatic heterocycles. The summed E-state index contributed by atoms with van der Waals surface area (Å²) in [6.07, 6.45) is 2.85. The molecule has 3 rings (SSSR count). The van der Waals surface area contributed by atoms with E-state index in [9.17, 15) is 14.9 Å². The van der Waals surface area contributed by atoms with Crippen LogP contribution in [-0.2, 0) is 4.79 Å². The fourth-order valence-corrected chi connectivity index (χ4v) is 2.82. The predicted octanol–water partition coefficient (Wildman–Crippen LogP) is 2.65. The highest BCUT2D eigenvalue weighted by Crippen LogP contribution is 2.27. The molecule has 24 heavy (non-hydrogen) atoms. The van der Waals surface area contributed by atoms with Crippen LogP contribution in [0, 0.1) is 10.1 Å². The number of benzene rings is 1. The van der Waals surface area contributed by atoms with Crippen LogP contribution < -0.4 is 5.32 Å². The van der Waals surface area contributed by atoms with Crippen molar-refractivity contribution in [3.8, 4) is 0 Å². The molecule has 122 valence electrons. The first kappa shape index (κ1) is 16.1. The van der Waals surface area contributed by atoms with Crippen molar-refractivity contribution in [2.75, 3.05) is 11.1 Å². The van der Waals surface area contributed by atoms with E-state index in [4.69, 9.17) is 11.6 Å². The van der Waals surface area contributed by atoms with Crippen LogP contribution in [0.3, 0.4) is 0 Å². The summed E-state index contributed by atoms with van der Waals surface area (Å²) in [5.74, 6) is -0.321. The molecule has 1 aromatic carbocycles. The van der Waals surface area contributed by atoms with Crippen LogP contribution in [0.5, 0.6) is 0 Å². The molecule has 0 saturated carbocycles. The quantitative estimate of drug-likeness (QED) is 0.308. The van der Waals surface area contributed by atoms with Crippen molar-refractivity contribution in [1.29, 1.82) is 0 Å². The van der Waals surface area contributed by atoms with E-state index < -0.39 is 4.92 Å². The molecule has 11 heteroatoms. The number of halogens is 1. The number of imidazole rings is 1. The Morgan fingerprint density at radius 1 is 1.38 bits per heavy atom.